The smallest absolute Gasteiger partial charge is 0.243 e. The number of nitrogens with zero attached hydrogens (tertiary/aromatic N) is 3. The number of aromatic nitrogens is 2. The lowest BCUT2D eigenvalue weighted by molar-refractivity contribution is 0.398. The van der Waals surface area contributed by atoms with Crippen LogP contribution in [0.15, 0.2) is 41.6 Å². The Balaban J connectivity index is 1.57. The van der Waals surface area contributed by atoms with Crippen molar-refractivity contribution in [2.75, 3.05) is 24.5 Å². The van der Waals surface area contributed by atoms with E-state index in [0.29, 0.717) is 25.1 Å². The topological polar surface area (TPSA) is 75.2 Å². The zero-order valence-corrected chi connectivity index (χ0v) is 14.2. The average molecular weight is 368 g/mol. The lowest BCUT2D eigenvalue weighted by Gasteiger charge is -2.31. The highest BCUT2D eigenvalue weighted by Crippen LogP contribution is 2.21. The number of nitrogens with one attached hydrogen (secondary N) is 1. The minimum atomic E-state index is -4.08. The number of benzene rings is 1. The highest BCUT2D eigenvalue weighted by Gasteiger charge is 2.24. The van der Waals surface area contributed by atoms with Crippen molar-refractivity contribution in [1.29, 1.82) is 0 Å². The van der Waals surface area contributed by atoms with Gasteiger partial charge in [-0.15, -0.1) is 0 Å². The van der Waals surface area contributed by atoms with E-state index >= 15 is 0 Å². The molecule has 2 heterocycles. The third kappa shape index (κ3) is 4.29. The quantitative estimate of drug-likeness (QED) is 0.873. The summed E-state index contributed by atoms with van der Waals surface area (Å²) < 4.78 is 53.6. The number of hydrogen-bond acceptors (Lipinski definition) is 5. The molecule has 1 aromatic heterocycles. The summed E-state index contributed by atoms with van der Waals surface area (Å²) in [5, 5.41) is 0. The number of anilines is 1. The van der Waals surface area contributed by atoms with E-state index in [0.717, 1.165) is 25.0 Å². The molecule has 0 radical (unpaired) electrons. The van der Waals surface area contributed by atoms with Gasteiger partial charge in [0.2, 0.25) is 16.0 Å². The molecule has 1 fully saturated rings. The monoisotopic (exact) mass is 368 g/mol. The summed E-state index contributed by atoms with van der Waals surface area (Å²) >= 11 is 0. The van der Waals surface area contributed by atoms with Crippen LogP contribution in [0.5, 0.6) is 0 Å². The number of piperidine rings is 1. The third-order valence-corrected chi connectivity index (χ3v) is 5.63. The first-order chi connectivity index (χ1) is 12.0. The molecule has 3 rings (SSSR count). The number of rotatable bonds is 5. The lowest BCUT2D eigenvalue weighted by atomic mass is 9.97. The van der Waals surface area contributed by atoms with Crippen LogP contribution in [-0.4, -0.2) is 38.0 Å². The molecule has 0 aliphatic carbocycles. The molecule has 25 heavy (non-hydrogen) atoms. The van der Waals surface area contributed by atoms with Gasteiger partial charge in [-0.25, -0.2) is 31.9 Å². The number of halogens is 2. The molecular formula is C16H18F2N4O2S. The Bertz CT molecular complexity index is 825. The van der Waals surface area contributed by atoms with Crippen molar-refractivity contribution in [3.63, 3.8) is 0 Å². The van der Waals surface area contributed by atoms with E-state index in [4.69, 9.17) is 0 Å². The molecule has 0 amide bonds. The van der Waals surface area contributed by atoms with Gasteiger partial charge in [-0.3, -0.25) is 0 Å². The SMILES string of the molecule is O=S(=O)(NCC1CCN(c2ncccn2)CC1)c1cc(F)ccc1F. The van der Waals surface area contributed by atoms with Crippen molar-refractivity contribution in [3.05, 3.63) is 48.3 Å². The minimum Gasteiger partial charge on any atom is -0.341 e. The normalized spacial score (nSPS) is 16.2. The van der Waals surface area contributed by atoms with Gasteiger partial charge in [-0.1, -0.05) is 0 Å². The Morgan fingerprint density at radius 1 is 1.16 bits per heavy atom. The average Bonchev–Trinajstić information content (AvgIpc) is 2.63. The van der Waals surface area contributed by atoms with Crippen molar-refractivity contribution < 1.29 is 17.2 Å². The maximum Gasteiger partial charge on any atom is 0.243 e. The van der Waals surface area contributed by atoms with E-state index in [1.165, 1.54) is 0 Å². The summed E-state index contributed by atoms with van der Waals surface area (Å²) in [4.78, 5) is 9.77. The van der Waals surface area contributed by atoms with Gasteiger partial charge in [0.1, 0.15) is 16.5 Å². The van der Waals surface area contributed by atoms with Gasteiger partial charge in [0.15, 0.2) is 0 Å². The van der Waals surface area contributed by atoms with E-state index in [9.17, 15) is 17.2 Å². The van der Waals surface area contributed by atoms with Crippen LogP contribution in [0.1, 0.15) is 12.8 Å². The van der Waals surface area contributed by atoms with Gasteiger partial charge in [0, 0.05) is 32.0 Å². The van der Waals surface area contributed by atoms with Crippen LogP contribution in [0.3, 0.4) is 0 Å². The summed E-state index contributed by atoms with van der Waals surface area (Å²) in [6.07, 6.45) is 4.87. The second-order valence-corrected chi connectivity index (χ2v) is 7.64. The van der Waals surface area contributed by atoms with Crippen LogP contribution in [-0.2, 0) is 10.0 Å². The van der Waals surface area contributed by atoms with E-state index in [1.807, 2.05) is 4.90 Å². The summed E-state index contributed by atoms with van der Waals surface area (Å²) in [5.74, 6) is -0.988. The molecule has 134 valence electrons. The highest BCUT2D eigenvalue weighted by atomic mass is 32.2. The van der Waals surface area contributed by atoms with Gasteiger partial charge in [0.05, 0.1) is 0 Å². The highest BCUT2D eigenvalue weighted by molar-refractivity contribution is 7.89. The molecule has 0 unspecified atom stereocenters. The summed E-state index contributed by atoms with van der Waals surface area (Å²) in [7, 11) is -4.08. The zero-order chi connectivity index (χ0) is 17.9. The predicted octanol–water partition coefficient (Wildman–Crippen LogP) is 1.95. The Labute approximate surface area is 145 Å². The van der Waals surface area contributed by atoms with Crippen LogP contribution >= 0.6 is 0 Å². The predicted molar refractivity (Wildman–Crippen MR) is 88.5 cm³/mol. The van der Waals surface area contributed by atoms with Crippen molar-refractivity contribution in [3.8, 4) is 0 Å². The van der Waals surface area contributed by atoms with Crippen LogP contribution in [0.2, 0.25) is 0 Å². The summed E-state index contributed by atoms with van der Waals surface area (Å²) in [5.41, 5.74) is 0. The fourth-order valence-corrected chi connectivity index (χ4v) is 3.98. The Hall–Kier alpha value is -2.13. The van der Waals surface area contributed by atoms with Crippen LogP contribution in [0.25, 0.3) is 0 Å². The van der Waals surface area contributed by atoms with Crippen molar-refractivity contribution in [2.24, 2.45) is 5.92 Å². The van der Waals surface area contributed by atoms with Gasteiger partial charge < -0.3 is 4.90 Å². The molecule has 0 atom stereocenters. The van der Waals surface area contributed by atoms with Gasteiger partial charge >= 0.3 is 0 Å². The Morgan fingerprint density at radius 2 is 1.84 bits per heavy atom. The fraction of sp³-hybridized carbons (Fsp3) is 0.375. The summed E-state index contributed by atoms with van der Waals surface area (Å²) in [6, 6.07) is 4.13. The first-order valence-electron chi connectivity index (χ1n) is 7.92. The molecule has 0 bridgehead atoms. The molecule has 1 aromatic carbocycles. The van der Waals surface area contributed by atoms with Crippen molar-refractivity contribution in [1.82, 2.24) is 14.7 Å². The lowest BCUT2D eigenvalue weighted by Crippen LogP contribution is -2.39. The number of hydrogen-bond donors (Lipinski definition) is 1. The van der Waals surface area contributed by atoms with Crippen molar-refractivity contribution in [2.45, 2.75) is 17.7 Å². The molecule has 9 heteroatoms. The molecule has 2 aromatic rings. The number of sulfonamides is 1. The van der Waals surface area contributed by atoms with E-state index in [1.54, 1.807) is 18.5 Å². The maximum absolute atomic E-state index is 13.7. The molecular weight excluding hydrogens is 350 g/mol. The molecule has 1 aliphatic heterocycles. The van der Waals surface area contributed by atoms with Crippen LogP contribution < -0.4 is 9.62 Å². The molecule has 6 nitrogen and oxygen atoms in total. The largest absolute Gasteiger partial charge is 0.341 e. The Morgan fingerprint density at radius 3 is 2.52 bits per heavy atom. The van der Waals surface area contributed by atoms with Crippen molar-refractivity contribution >= 4 is 16.0 Å². The van der Waals surface area contributed by atoms with E-state index in [-0.39, 0.29) is 12.5 Å². The standard InChI is InChI=1S/C16H18F2N4O2S/c17-13-2-3-14(18)15(10-13)25(23,24)21-11-12-4-8-22(9-5-12)16-19-6-1-7-20-16/h1-3,6-7,10,12,21H,4-5,8-9,11H2. The zero-order valence-electron chi connectivity index (χ0n) is 13.4. The summed E-state index contributed by atoms with van der Waals surface area (Å²) in [6.45, 7) is 1.61. The third-order valence-electron chi connectivity index (χ3n) is 4.19. The molecule has 0 saturated carbocycles. The second kappa shape index (κ2) is 7.40. The van der Waals surface area contributed by atoms with Gasteiger partial charge in [-0.05, 0) is 43.0 Å². The maximum atomic E-state index is 13.7. The van der Waals surface area contributed by atoms with Gasteiger partial charge in [0.25, 0.3) is 0 Å². The second-order valence-electron chi connectivity index (χ2n) is 5.91. The van der Waals surface area contributed by atoms with E-state index < -0.39 is 26.6 Å². The van der Waals surface area contributed by atoms with Crippen LogP contribution in [0.4, 0.5) is 14.7 Å². The van der Waals surface area contributed by atoms with Crippen LogP contribution in [0, 0.1) is 17.6 Å². The molecule has 1 N–H and O–H groups in total. The first kappa shape index (κ1) is 17.7. The Kier molecular flexibility index (Phi) is 5.24. The van der Waals surface area contributed by atoms with E-state index in [2.05, 4.69) is 14.7 Å². The molecule has 1 saturated heterocycles. The molecule has 1 aliphatic rings. The minimum absolute atomic E-state index is 0.117. The first-order valence-corrected chi connectivity index (χ1v) is 9.41. The van der Waals surface area contributed by atoms with Gasteiger partial charge in [-0.2, -0.15) is 0 Å². The fourth-order valence-electron chi connectivity index (χ4n) is 2.78. The molecule has 0 spiro atoms.